The molecule has 2 aliphatic rings. The molecule has 0 bridgehead atoms. The van der Waals surface area contributed by atoms with Gasteiger partial charge in [-0.2, -0.15) is 0 Å². The van der Waals surface area contributed by atoms with Crippen LogP contribution >= 0.6 is 15.9 Å². The van der Waals surface area contributed by atoms with E-state index in [0.717, 1.165) is 29.9 Å². The molecule has 0 amide bonds. The predicted molar refractivity (Wildman–Crippen MR) is 76.6 cm³/mol. The lowest BCUT2D eigenvalue weighted by Crippen LogP contribution is -2.36. The molecule has 1 saturated heterocycles. The number of likely N-dealkylation sites (tertiary alicyclic amines) is 1. The van der Waals surface area contributed by atoms with Gasteiger partial charge in [0.15, 0.2) is 0 Å². The van der Waals surface area contributed by atoms with Gasteiger partial charge in [-0.25, -0.2) is 0 Å². The standard InChI is InChI=1S/C15H20BrNO/c1-11-8-15(18,10-17(11)13-6-7-13)9-12-4-2-3-5-14(12)16/h2-5,11,13,18H,6-10H2,1H3. The minimum Gasteiger partial charge on any atom is -0.388 e. The molecule has 98 valence electrons. The number of hydrogen-bond donors (Lipinski definition) is 1. The lowest BCUT2D eigenvalue weighted by atomic mass is 9.92. The van der Waals surface area contributed by atoms with Crippen LogP contribution in [0.15, 0.2) is 28.7 Å². The maximum absolute atomic E-state index is 10.8. The zero-order valence-electron chi connectivity index (χ0n) is 10.8. The first-order valence-corrected chi connectivity index (χ1v) is 7.58. The Kier molecular flexibility index (Phi) is 3.25. The van der Waals surface area contributed by atoms with E-state index in [-0.39, 0.29) is 0 Å². The Balaban J connectivity index is 1.74. The van der Waals surface area contributed by atoms with Crippen LogP contribution in [0.3, 0.4) is 0 Å². The third-order valence-corrected chi connectivity index (χ3v) is 4.99. The van der Waals surface area contributed by atoms with Crippen LogP contribution in [0, 0.1) is 0 Å². The highest BCUT2D eigenvalue weighted by Crippen LogP contribution is 2.39. The second kappa shape index (κ2) is 4.62. The monoisotopic (exact) mass is 309 g/mol. The van der Waals surface area contributed by atoms with E-state index in [2.05, 4.69) is 39.9 Å². The molecular weight excluding hydrogens is 290 g/mol. The molecule has 1 aromatic rings. The van der Waals surface area contributed by atoms with Crippen molar-refractivity contribution in [2.45, 2.75) is 50.3 Å². The number of β-amino-alcohol motifs (C(OH)–C–C–N with tert-alkyl or cyclic N) is 1. The highest BCUT2D eigenvalue weighted by molar-refractivity contribution is 9.10. The molecule has 1 saturated carbocycles. The molecule has 1 heterocycles. The molecule has 0 aromatic heterocycles. The fourth-order valence-corrected chi connectivity index (χ4v) is 3.67. The summed E-state index contributed by atoms with van der Waals surface area (Å²) >= 11 is 3.57. The molecule has 2 nitrogen and oxygen atoms in total. The maximum Gasteiger partial charge on any atom is 0.0829 e. The predicted octanol–water partition coefficient (Wildman–Crippen LogP) is 2.98. The van der Waals surface area contributed by atoms with Gasteiger partial charge in [-0.05, 0) is 37.8 Å². The zero-order valence-corrected chi connectivity index (χ0v) is 12.4. The van der Waals surface area contributed by atoms with Gasteiger partial charge in [0.1, 0.15) is 0 Å². The Hall–Kier alpha value is -0.380. The Morgan fingerprint density at radius 3 is 2.78 bits per heavy atom. The van der Waals surface area contributed by atoms with Crippen molar-refractivity contribution in [1.82, 2.24) is 4.90 Å². The van der Waals surface area contributed by atoms with Crippen LogP contribution in [0.1, 0.15) is 31.7 Å². The second-order valence-corrected chi connectivity index (χ2v) is 6.80. The third kappa shape index (κ3) is 2.49. The van der Waals surface area contributed by atoms with Gasteiger partial charge in [0.05, 0.1) is 5.60 Å². The maximum atomic E-state index is 10.8. The first-order valence-electron chi connectivity index (χ1n) is 6.79. The number of rotatable bonds is 3. The van der Waals surface area contributed by atoms with Crippen molar-refractivity contribution in [3.05, 3.63) is 34.3 Å². The Labute approximate surface area is 117 Å². The topological polar surface area (TPSA) is 23.5 Å². The lowest BCUT2D eigenvalue weighted by molar-refractivity contribution is 0.0485. The fourth-order valence-electron chi connectivity index (χ4n) is 3.25. The molecule has 0 spiro atoms. The SMILES string of the molecule is CC1CC(O)(Cc2ccccc2Br)CN1C1CC1. The molecule has 1 aromatic carbocycles. The molecule has 3 rings (SSSR count). The van der Waals surface area contributed by atoms with Crippen molar-refractivity contribution in [1.29, 1.82) is 0 Å². The van der Waals surface area contributed by atoms with Gasteiger partial charge in [0, 0.05) is 29.5 Å². The molecule has 2 atom stereocenters. The summed E-state index contributed by atoms with van der Waals surface area (Å²) in [6.07, 6.45) is 4.28. The normalized spacial score (nSPS) is 32.9. The number of hydrogen-bond acceptors (Lipinski definition) is 2. The molecular formula is C15H20BrNO. The average Bonchev–Trinajstić information content (AvgIpc) is 3.09. The molecule has 0 radical (unpaired) electrons. The van der Waals surface area contributed by atoms with Crippen molar-refractivity contribution < 1.29 is 5.11 Å². The minimum atomic E-state index is -0.550. The largest absolute Gasteiger partial charge is 0.388 e. The van der Waals surface area contributed by atoms with Crippen LogP contribution < -0.4 is 0 Å². The highest BCUT2D eigenvalue weighted by atomic mass is 79.9. The van der Waals surface area contributed by atoms with E-state index in [1.165, 1.54) is 18.4 Å². The van der Waals surface area contributed by atoms with E-state index in [1.54, 1.807) is 0 Å². The molecule has 1 aliphatic heterocycles. The van der Waals surface area contributed by atoms with Crippen molar-refractivity contribution in [2.24, 2.45) is 0 Å². The molecule has 1 aliphatic carbocycles. The van der Waals surface area contributed by atoms with Crippen LogP contribution in [0.4, 0.5) is 0 Å². The van der Waals surface area contributed by atoms with Gasteiger partial charge in [-0.1, -0.05) is 34.1 Å². The Morgan fingerprint density at radius 1 is 1.39 bits per heavy atom. The van der Waals surface area contributed by atoms with Crippen molar-refractivity contribution >= 4 is 15.9 Å². The molecule has 18 heavy (non-hydrogen) atoms. The van der Waals surface area contributed by atoms with Gasteiger partial charge < -0.3 is 5.11 Å². The van der Waals surface area contributed by atoms with Crippen LogP contribution in [0.2, 0.25) is 0 Å². The first kappa shape index (κ1) is 12.6. The molecule has 2 unspecified atom stereocenters. The number of benzene rings is 1. The van der Waals surface area contributed by atoms with E-state index in [0.29, 0.717) is 6.04 Å². The van der Waals surface area contributed by atoms with Gasteiger partial charge in [0.25, 0.3) is 0 Å². The van der Waals surface area contributed by atoms with Crippen LogP contribution in [0.25, 0.3) is 0 Å². The lowest BCUT2D eigenvalue weighted by Gasteiger charge is -2.24. The van der Waals surface area contributed by atoms with Crippen molar-refractivity contribution in [2.75, 3.05) is 6.54 Å². The molecule has 1 N–H and O–H groups in total. The van der Waals surface area contributed by atoms with E-state index in [1.807, 2.05) is 12.1 Å². The average molecular weight is 310 g/mol. The Bertz CT molecular complexity index is 446. The summed E-state index contributed by atoms with van der Waals surface area (Å²) in [7, 11) is 0. The summed E-state index contributed by atoms with van der Waals surface area (Å²) in [6.45, 7) is 3.08. The van der Waals surface area contributed by atoms with Gasteiger partial charge >= 0.3 is 0 Å². The zero-order chi connectivity index (χ0) is 12.8. The van der Waals surface area contributed by atoms with Crippen LogP contribution in [-0.2, 0) is 6.42 Å². The van der Waals surface area contributed by atoms with Gasteiger partial charge in [-0.15, -0.1) is 0 Å². The van der Waals surface area contributed by atoms with E-state index < -0.39 is 5.60 Å². The van der Waals surface area contributed by atoms with E-state index in [9.17, 15) is 5.11 Å². The summed E-state index contributed by atoms with van der Waals surface area (Å²) in [5.74, 6) is 0. The first-order chi connectivity index (χ1) is 8.57. The summed E-state index contributed by atoms with van der Waals surface area (Å²) in [4.78, 5) is 2.50. The highest BCUT2D eigenvalue weighted by Gasteiger charge is 2.45. The van der Waals surface area contributed by atoms with Crippen molar-refractivity contribution in [3.8, 4) is 0 Å². The fraction of sp³-hybridized carbons (Fsp3) is 0.600. The summed E-state index contributed by atoms with van der Waals surface area (Å²) < 4.78 is 1.11. The molecule has 2 fully saturated rings. The van der Waals surface area contributed by atoms with Crippen LogP contribution in [0.5, 0.6) is 0 Å². The van der Waals surface area contributed by atoms with Gasteiger partial charge in [-0.3, -0.25) is 4.90 Å². The summed E-state index contributed by atoms with van der Waals surface area (Å²) in [5.41, 5.74) is 0.663. The summed E-state index contributed by atoms with van der Waals surface area (Å²) in [6, 6.07) is 9.48. The van der Waals surface area contributed by atoms with E-state index in [4.69, 9.17) is 0 Å². The number of aliphatic hydroxyl groups is 1. The third-order valence-electron chi connectivity index (χ3n) is 4.21. The van der Waals surface area contributed by atoms with Gasteiger partial charge in [0.2, 0.25) is 0 Å². The Morgan fingerprint density at radius 2 is 2.11 bits per heavy atom. The quantitative estimate of drug-likeness (QED) is 0.928. The minimum absolute atomic E-state index is 0.519. The van der Waals surface area contributed by atoms with Crippen LogP contribution in [-0.4, -0.2) is 34.2 Å². The molecule has 3 heteroatoms. The van der Waals surface area contributed by atoms with Crippen molar-refractivity contribution in [3.63, 3.8) is 0 Å². The summed E-state index contributed by atoms with van der Waals surface area (Å²) in [5, 5.41) is 10.8. The second-order valence-electron chi connectivity index (χ2n) is 5.95. The number of halogens is 1. The smallest absolute Gasteiger partial charge is 0.0829 e. The number of nitrogens with zero attached hydrogens (tertiary/aromatic N) is 1. The van der Waals surface area contributed by atoms with E-state index >= 15 is 0 Å².